The van der Waals surface area contributed by atoms with E-state index in [0.717, 1.165) is 13.1 Å². The zero-order valence-corrected chi connectivity index (χ0v) is 11.8. The van der Waals surface area contributed by atoms with Gasteiger partial charge in [-0.15, -0.1) is 12.4 Å². The van der Waals surface area contributed by atoms with Crippen molar-refractivity contribution >= 4 is 28.3 Å². The zero-order valence-electron chi connectivity index (χ0n) is 9.42. The molecule has 1 aliphatic rings. The second-order valence-electron chi connectivity index (χ2n) is 4.10. The minimum absolute atomic E-state index is 0. The third-order valence-electron chi connectivity index (χ3n) is 2.77. The van der Waals surface area contributed by atoms with Gasteiger partial charge in [0.25, 0.3) is 0 Å². The average Bonchev–Trinajstić information content (AvgIpc) is 2.29. The highest BCUT2D eigenvalue weighted by Crippen LogP contribution is 2.26. The molecular formula is C12H16BrClFNO. The molecule has 1 aromatic carbocycles. The molecule has 1 atom stereocenters. The van der Waals surface area contributed by atoms with Crippen molar-refractivity contribution in [2.75, 3.05) is 19.7 Å². The summed E-state index contributed by atoms with van der Waals surface area (Å²) in [5.74, 6) is 1.02. The van der Waals surface area contributed by atoms with Gasteiger partial charge in [0.1, 0.15) is 11.6 Å². The lowest BCUT2D eigenvalue weighted by Gasteiger charge is -2.23. The van der Waals surface area contributed by atoms with Crippen molar-refractivity contribution in [2.24, 2.45) is 5.92 Å². The highest BCUT2D eigenvalue weighted by atomic mass is 79.9. The lowest BCUT2D eigenvalue weighted by molar-refractivity contribution is 0.217. The third kappa shape index (κ3) is 4.45. The van der Waals surface area contributed by atoms with Crippen LogP contribution in [0.4, 0.5) is 4.39 Å². The molecule has 0 aliphatic carbocycles. The van der Waals surface area contributed by atoms with Crippen LogP contribution in [0.2, 0.25) is 0 Å². The van der Waals surface area contributed by atoms with Gasteiger partial charge in [0.2, 0.25) is 0 Å². The molecule has 2 nitrogen and oxygen atoms in total. The molecule has 17 heavy (non-hydrogen) atoms. The Morgan fingerprint density at radius 3 is 2.94 bits per heavy atom. The fraction of sp³-hybridized carbons (Fsp3) is 0.500. The van der Waals surface area contributed by atoms with Gasteiger partial charge in [0.05, 0.1) is 11.1 Å². The quantitative estimate of drug-likeness (QED) is 0.920. The van der Waals surface area contributed by atoms with E-state index < -0.39 is 0 Å². The minimum Gasteiger partial charge on any atom is -0.492 e. The van der Waals surface area contributed by atoms with Crippen LogP contribution < -0.4 is 10.1 Å². The molecule has 1 unspecified atom stereocenters. The minimum atomic E-state index is -0.251. The van der Waals surface area contributed by atoms with E-state index in [1.54, 1.807) is 6.07 Å². The van der Waals surface area contributed by atoms with Crippen LogP contribution >= 0.6 is 28.3 Å². The first-order valence-corrected chi connectivity index (χ1v) is 6.33. The molecule has 2 rings (SSSR count). The molecule has 0 spiro atoms. The molecule has 1 aliphatic heterocycles. The first kappa shape index (κ1) is 14.7. The van der Waals surface area contributed by atoms with Crippen molar-refractivity contribution in [1.29, 1.82) is 0 Å². The van der Waals surface area contributed by atoms with Crippen LogP contribution in [0.5, 0.6) is 5.75 Å². The van der Waals surface area contributed by atoms with Crippen molar-refractivity contribution in [3.05, 3.63) is 28.5 Å². The second kappa shape index (κ2) is 7.19. The number of nitrogens with one attached hydrogen (secondary N) is 1. The molecule has 0 saturated carbocycles. The Balaban J connectivity index is 0.00000144. The van der Waals surface area contributed by atoms with Crippen molar-refractivity contribution in [2.45, 2.75) is 12.8 Å². The fourth-order valence-electron chi connectivity index (χ4n) is 1.87. The first-order valence-electron chi connectivity index (χ1n) is 5.54. The van der Waals surface area contributed by atoms with E-state index in [9.17, 15) is 4.39 Å². The molecule has 0 amide bonds. The molecule has 1 heterocycles. The topological polar surface area (TPSA) is 21.3 Å². The lowest BCUT2D eigenvalue weighted by Crippen LogP contribution is -2.33. The maximum absolute atomic E-state index is 12.8. The van der Waals surface area contributed by atoms with Crippen LogP contribution in [-0.4, -0.2) is 19.7 Å². The Bertz CT molecular complexity index is 358. The molecule has 1 fully saturated rings. The summed E-state index contributed by atoms with van der Waals surface area (Å²) in [4.78, 5) is 0. The van der Waals surface area contributed by atoms with E-state index in [1.807, 2.05) is 0 Å². The van der Waals surface area contributed by atoms with E-state index in [-0.39, 0.29) is 18.2 Å². The Labute approximate surface area is 115 Å². The highest BCUT2D eigenvalue weighted by molar-refractivity contribution is 9.10. The lowest BCUT2D eigenvalue weighted by atomic mass is 10.0. The summed E-state index contributed by atoms with van der Waals surface area (Å²) in [7, 11) is 0. The van der Waals surface area contributed by atoms with Crippen molar-refractivity contribution in [1.82, 2.24) is 5.32 Å². The standard InChI is InChI=1S/C12H15BrFNO.ClH/c13-11-6-10(14)3-4-12(11)16-8-9-2-1-5-15-7-9;/h3-4,6,9,15H,1-2,5,7-8H2;1H. The van der Waals surface area contributed by atoms with Gasteiger partial charge in [-0.3, -0.25) is 0 Å². The van der Waals surface area contributed by atoms with Crippen LogP contribution in [0.15, 0.2) is 22.7 Å². The molecule has 0 bridgehead atoms. The number of hydrogen-bond acceptors (Lipinski definition) is 2. The van der Waals surface area contributed by atoms with Crippen molar-refractivity contribution in [3.8, 4) is 5.75 Å². The van der Waals surface area contributed by atoms with Gasteiger partial charge in [-0.1, -0.05) is 0 Å². The van der Waals surface area contributed by atoms with E-state index in [2.05, 4.69) is 21.2 Å². The number of piperidine rings is 1. The molecule has 1 aromatic rings. The zero-order chi connectivity index (χ0) is 11.4. The predicted molar refractivity (Wildman–Crippen MR) is 72.4 cm³/mol. The summed E-state index contributed by atoms with van der Waals surface area (Å²) in [6, 6.07) is 4.50. The normalized spacial score (nSPS) is 19.5. The maximum atomic E-state index is 12.8. The molecule has 0 aromatic heterocycles. The van der Waals surface area contributed by atoms with Crippen molar-refractivity contribution < 1.29 is 9.13 Å². The molecule has 96 valence electrons. The SMILES string of the molecule is Cl.Fc1ccc(OCC2CCCNC2)c(Br)c1. The van der Waals surface area contributed by atoms with E-state index in [1.165, 1.54) is 25.0 Å². The van der Waals surface area contributed by atoms with Crippen LogP contribution in [0, 0.1) is 11.7 Å². The first-order chi connectivity index (χ1) is 7.75. The molecular weight excluding hydrogens is 308 g/mol. The molecule has 1 saturated heterocycles. The maximum Gasteiger partial charge on any atom is 0.133 e. The highest BCUT2D eigenvalue weighted by Gasteiger charge is 2.14. The second-order valence-corrected chi connectivity index (χ2v) is 4.95. The predicted octanol–water partition coefficient (Wildman–Crippen LogP) is 3.39. The van der Waals surface area contributed by atoms with E-state index in [0.29, 0.717) is 22.7 Å². The van der Waals surface area contributed by atoms with E-state index in [4.69, 9.17) is 4.74 Å². The van der Waals surface area contributed by atoms with Gasteiger partial charge < -0.3 is 10.1 Å². The molecule has 5 heteroatoms. The number of halogens is 3. The number of rotatable bonds is 3. The Morgan fingerprint density at radius 2 is 2.29 bits per heavy atom. The largest absolute Gasteiger partial charge is 0.492 e. The van der Waals surface area contributed by atoms with Gasteiger partial charge in [-0.2, -0.15) is 0 Å². The Kier molecular flexibility index (Phi) is 6.23. The van der Waals surface area contributed by atoms with Gasteiger partial charge in [-0.05, 0) is 53.5 Å². The summed E-state index contributed by atoms with van der Waals surface area (Å²) in [5, 5.41) is 3.34. The summed E-state index contributed by atoms with van der Waals surface area (Å²) >= 11 is 3.29. The van der Waals surface area contributed by atoms with Crippen LogP contribution in [-0.2, 0) is 0 Å². The number of hydrogen-bond donors (Lipinski definition) is 1. The summed E-state index contributed by atoms with van der Waals surface area (Å²) in [5.41, 5.74) is 0. The Morgan fingerprint density at radius 1 is 1.47 bits per heavy atom. The number of benzene rings is 1. The van der Waals surface area contributed by atoms with Gasteiger partial charge in [-0.25, -0.2) is 4.39 Å². The summed E-state index contributed by atoms with van der Waals surface area (Å²) in [6.45, 7) is 2.81. The molecule has 0 radical (unpaired) electrons. The van der Waals surface area contributed by atoms with Crippen LogP contribution in [0.1, 0.15) is 12.8 Å². The Hall–Kier alpha value is -0.320. The van der Waals surface area contributed by atoms with Crippen LogP contribution in [0.3, 0.4) is 0 Å². The average molecular weight is 325 g/mol. The monoisotopic (exact) mass is 323 g/mol. The number of ether oxygens (including phenoxy) is 1. The smallest absolute Gasteiger partial charge is 0.133 e. The third-order valence-corrected chi connectivity index (χ3v) is 3.39. The molecule has 1 N–H and O–H groups in total. The summed E-state index contributed by atoms with van der Waals surface area (Å²) in [6.07, 6.45) is 2.41. The van der Waals surface area contributed by atoms with Gasteiger partial charge in [0.15, 0.2) is 0 Å². The van der Waals surface area contributed by atoms with Gasteiger partial charge >= 0.3 is 0 Å². The van der Waals surface area contributed by atoms with Crippen LogP contribution in [0.25, 0.3) is 0 Å². The summed E-state index contributed by atoms with van der Waals surface area (Å²) < 4.78 is 19.2. The fourth-order valence-corrected chi connectivity index (χ4v) is 2.33. The van der Waals surface area contributed by atoms with Gasteiger partial charge in [0, 0.05) is 12.5 Å². The van der Waals surface area contributed by atoms with E-state index >= 15 is 0 Å². The van der Waals surface area contributed by atoms with Crippen molar-refractivity contribution in [3.63, 3.8) is 0 Å².